The average Bonchev–Trinajstić information content (AvgIpc) is 3.38. The molecule has 0 unspecified atom stereocenters. The van der Waals surface area contributed by atoms with E-state index in [1.54, 1.807) is 0 Å². The van der Waals surface area contributed by atoms with Gasteiger partial charge in [0.2, 0.25) is 0 Å². The Morgan fingerprint density at radius 2 is 1.41 bits per heavy atom. The van der Waals surface area contributed by atoms with E-state index in [9.17, 15) is 0 Å². The number of aromatic nitrogens is 2. The average molecular weight is 427 g/mol. The Kier molecular flexibility index (Phi) is 3.75. The van der Waals surface area contributed by atoms with E-state index in [0.29, 0.717) is 0 Å². The van der Waals surface area contributed by atoms with E-state index in [-0.39, 0.29) is 0 Å². The first-order chi connectivity index (χ1) is 15.9. The van der Waals surface area contributed by atoms with Crippen molar-refractivity contribution < 1.29 is 0 Å². The Hall–Kier alpha value is -3.95. The normalized spacial score (nSPS) is 11.8. The van der Waals surface area contributed by atoms with Crippen molar-refractivity contribution in [3.05, 3.63) is 109 Å². The van der Waals surface area contributed by atoms with Gasteiger partial charge in [-0.2, -0.15) is 0 Å². The van der Waals surface area contributed by atoms with Crippen LogP contribution in [0, 0.1) is 0 Å². The van der Waals surface area contributed by atoms with Crippen molar-refractivity contribution in [3.63, 3.8) is 0 Å². The molecule has 0 radical (unpaired) electrons. The number of thiophene rings is 1. The third-order valence-corrected chi connectivity index (χ3v) is 7.36. The highest BCUT2D eigenvalue weighted by Crippen LogP contribution is 2.40. The lowest BCUT2D eigenvalue weighted by atomic mass is 10.1. The molecule has 7 rings (SSSR count). The molecule has 3 heteroatoms. The largest absolute Gasteiger partial charge is 0.308 e. The molecule has 3 heterocycles. The van der Waals surface area contributed by atoms with Crippen LogP contribution in [0.4, 0.5) is 0 Å². The molecule has 0 bridgehead atoms. The van der Waals surface area contributed by atoms with E-state index >= 15 is 0 Å². The minimum absolute atomic E-state index is 1.05. The molecule has 0 atom stereocenters. The van der Waals surface area contributed by atoms with Crippen LogP contribution in [0.15, 0.2) is 109 Å². The first-order valence-corrected chi connectivity index (χ1v) is 11.5. The van der Waals surface area contributed by atoms with Crippen LogP contribution in [0.3, 0.4) is 0 Å². The van der Waals surface area contributed by atoms with Crippen LogP contribution < -0.4 is 0 Å². The molecular weight excluding hydrogens is 408 g/mol. The Labute approximate surface area is 189 Å². The first-order valence-electron chi connectivity index (χ1n) is 10.7. The smallest absolute Gasteiger partial charge is 0.0963 e. The van der Waals surface area contributed by atoms with Gasteiger partial charge in [-0.1, -0.05) is 60.7 Å². The van der Waals surface area contributed by atoms with Crippen molar-refractivity contribution in [1.82, 2.24) is 9.55 Å². The van der Waals surface area contributed by atoms with E-state index in [0.717, 1.165) is 16.7 Å². The van der Waals surface area contributed by atoms with Gasteiger partial charge in [0, 0.05) is 37.4 Å². The summed E-state index contributed by atoms with van der Waals surface area (Å²) in [5.41, 5.74) is 6.97. The maximum Gasteiger partial charge on any atom is 0.0963 e. The van der Waals surface area contributed by atoms with Crippen LogP contribution in [-0.2, 0) is 0 Å². The Morgan fingerprint density at radius 3 is 2.34 bits per heavy atom. The van der Waals surface area contributed by atoms with Gasteiger partial charge in [0.25, 0.3) is 0 Å². The predicted octanol–water partition coefficient (Wildman–Crippen LogP) is 8.21. The summed E-state index contributed by atoms with van der Waals surface area (Å²) in [6, 6.07) is 36.9. The second-order valence-electron chi connectivity index (χ2n) is 8.09. The predicted molar refractivity (Wildman–Crippen MR) is 137 cm³/mol. The highest BCUT2D eigenvalue weighted by Gasteiger charge is 2.16. The van der Waals surface area contributed by atoms with Crippen molar-refractivity contribution in [2.45, 2.75) is 0 Å². The lowest BCUT2D eigenvalue weighted by molar-refractivity contribution is 1.18. The van der Waals surface area contributed by atoms with Crippen molar-refractivity contribution in [1.29, 1.82) is 0 Å². The molecule has 0 fully saturated rings. The van der Waals surface area contributed by atoms with Gasteiger partial charge in [-0.3, -0.25) is 4.98 Å². The molecular formula is C29H18N2S. The number of rotatable bonds is 2. The van der Waals surface area contributed by atoms with Crippen molar-refractivity contribution in [3.8, 4) is 16.8 Å². The molecule has 0 aliphatic heterocycles. The molecule has 3 aromatic heterocycles. The van der Waals surface area contributed by atoms with Crippen molar-refractivity contribution >= 4 is 53.4 Å². The first kappa shape index (κ1) is 17.7. The van der Waals surface area contributed by atoms with Gasteiger partial charge in [0.1, 0.15) is 0 Å². The van der Waals surface area contributed by atoms with E-state index < -0.39 is 0 Å². The van der Waals surface area contributed by atoms with E-state index in [2.05, 4.69) is 102 Å². The fraction of sp³-hybridized carbons (Fsp3) is 0. The molecule has 0 N–H and O–H groups in total. The van der Waals surface area contributed by atoms with Crippen LogP contribution >= 0.6 is 11.3 Å². The number of benzene rings is 4. The maximum absolute atomic E-state index is 4.79. The van der Waals surface area contributed by atoms with Gasteiger partial charge < -0.3 is 4.57 Å². The fourth-order valence-corrected chi connectivity index (χ4v) is 5.90. The number of pyridine rings is 1. The van der Waals surface area contributed by atoms with Crippen LogP contribution in [0.5, 0.6) is 0 Å². The minimum atomic E-state index is 1.05. The van der Waals surface area contributed by atoms with Gasteiger partial charge in [-0.15, -0.1) is 11.3 Å². The number of hydrogen-bond donors (Lipinski definition) is 0. The monoisotopic (exact) mass is 426 g/mol. The van der Waals surface area contributed by atoms with Gasteiger partial charge >= 0.3 is 0 Å². The quantitative estimate of drug-likeness (QED) is 0.272. The van der Waals surface area contributed by atoms with Crippen LogP contribution in [0.1, 0.15) is 0 Å². The molecule has 4 aromatic carbocycles. The second-order valence-corrected chi connectivity index (χ2v) is 9.17. The minimum Gasteiger partial charge on any atom is -0.308 e. The summed E-state index contributed by atoms with van der Waals surface area (Å²) in [5.74, 6) is 0. The highest BCUT2D eigenvalue weighted by atomic mass is 32.1. The highest BCUT2D eigenvalue weighted by molar-refractivity contribution is 7.25. The van der Waals surface area contributed by atoms with Crippen LogP contribution in [0.25, 0.3) is 58.9 Å². The Morgan fingerprint density at radius 1 is 0.562 bits per heavy atom. The number of hydrogen-bond acceptors (Lipinski definition) is 2. The summed E-state index contributed by atoms with van der Waals surface area (Å²) in [4.78, 5) is 4.79. The maximum atomic E-state index is 4.79. The third kappa shape index (κ3) is 2.55. The fourth-order valence-electron chi connectivity index (χ4n) is 4.78. The Bertz CT molecular complexity index is 1770. The summed E-state index contributed by atoms with van der Waals surface area (Å²) in [7, 11) is 0. The summed E-state index contributed by atoms with van der Waals surface area (Å²) < 4.78 is 4.99. The van der Waals surface area contributed by atoms with Crippen LogP contribution in [-0.4, -0.2) is 9.55 Å². The molecule has 0 saturated heterocycles. The van der Waals surface area contributed by atoms with Gasteiger partial charge in [-0.25, -0.2) is 0 Å². The summed E-state index contributed by atoms with van der Waals surface area (Å²) in [6.45, 7) is 0. The SMILES string of the molecule is c1ccc(-c2cccc(-n3c4cc5sc6ccccc6c5cc4c4ncccc43)c2)cc1. The summed E-state index contributed by atoms with van der Waals surface area (Å²) in [5, 5.41) is 3.82. The lowest BCUT2D eigenvalue weighted by Crippen LogP contribution is -1.94. The molecule has 150 valence electrons. The molecule has 32 heavy (non-hydrogen) atoms. The molecule has 2 nitrogen and oxygen atoms in total. The zero-order chi connectivity index (χ0) is 21.1. The number of nitrogens with zero attached hydrogens (tertiary/aromatic N) is 2. The lowest BCUT2D eigenvalue weighted by Gasteiger charge is -2.10. The number of fused-ring (bicyclic) bond motifs is 6. The topological polar surface area (TPSA) is 17.8 Å². The standard InChI is InChI=1S/C29H18N2S/c1-2-8-19(9-3-1)20-10-6-11-21(16-20)31-25-13-7-15-30-29(25)24-17-23-22-12-4-5-14-27(22)32-28(23)18-26(24)31/h1-18H. The van der Waals surface area contributed by atoms with E-state index in [1.165, 1.54) is 42.2 Å². The van der Waals surface area contributed by atoms with Crippen molar-refractivity contribution in [2.75, 3.05) is 0 Å². The van der Waals surface area contributed by atoms with Gasteiger partial charge in [0.05, 0.1) is 16.6 Å². The Balaban J connectivity index is 1.57. The molecule has 7 aromatic rings. The molecule has 0 amide bonds. The van der Waals surface area contributed by atoms with Crippen LogP contribution in [0.2, 0.25) is 0 Å². The zero-order valence-corrected chi connectivity index (χ0v) is 18.0. The van der Waals surface area contributed by atoms with E-state index in [1.807, 2.05) is 23.6 Å². The molecule has 0 aliphatic carbocycles. The molecule has 0 aliphatic rings. The second kappa shape index (κ2) is 6.78. The molecule has 0 spiro atoms. The molecule has 0 saturated carbocycles. The van der Waals surface area contributed by atoms with Gasteiger partial charge in [-0.05, 0) is 53.6 Å². The van der Waals surface area contributed by atoms with Gasteiger partial charge in [0.15, 0.2) is 0 Å². The summed E-state index contributed by atoms with van der Waals surface area (Å²) in [6.07, 6.45) is 1.89. The zero-order valence-electron chi connectivity index (χ0n) is 17.2. The third-order valence-electron chi connectivity index (χ3n) is 6.23. The summed E-state index contributed by atoms with van der Waals surface area (Å²) >= 11 is 1.86. The van der Waals surface area contributed by atoms with Crippen molar-refractivity contribution in [2.24, 2.45) is 0 Å². The van der Waals surface area contributed by atoms with E-state index in [4.69, 9.17) is 4.98 Å².